The topological polar surface area (TPSA) is 43.2 Å². The summed E-state index contributed by atoms with van der Waals surface area (Å²) >= 11 is 1.86. The van der Waals surface area contributed by atoms with Crippen molar-refractivity contribution in [3.63, 3.8) is 0 Å². The van der Waals surface area contributed by atoms with E-state index in [-0.39, 0.29) is 0 Å². The third-order valence-electron chi connectivity index (χ3n) is 4.73. The number of fused-ring (bicyclic) bond motifs is 5. The van der Waals surface area contributed by atoms with Crippen LogP contribution in [0.3, 0.4) is 0 Å². The van der Waals surface area contributed by atoms with E-state index in [0.29, 0.717) is 0 Å². The molecule has 0 bridgehead atoms. The maximum Gasteiger partial charge on any atom is 0.163 e. The fourth-order valence-electron chi connectivity index (χ4n) is 3.49. The molecule has 24 heavy (non-hydrogen) atoms. The Morgan fingerprint density at radius 2 is 2.12 bits per heavy atom. The molecular weight excluding hydrogens is 320 g/mol. The van der Waals surface area contributed by atoms with Gasteiger partial charge in [-0.25, -0.2) is 9.67 Å². The molecule has 5 rings (SSSR count). The number of aryl methyl sites for hydroxylation is 1. The summed E-state index contributed by atoms with van der Waals surface area (Å²) in [7, 11) is 0. The highest BCUT2D eigenvalue weighted by molar-refractivity contribution is 7.17. The molecule has 0 atom stereocenters. The van der Waals surface area contributed by atoms with Gasteiger partial charge in [-0.05, 0) is 24.5 Å². The molecule has 5 nitrogen and oxygen atoms in total. The second-order valence-electron chi connectivity index (χ2n) is 6.39. The van der Waals surface area contributed by atoms with Gasteiger partial charge in [0.25, 0.3) is 0 Å². The second kappa shape index (κ2) is 5.43. The molecule has 0 unspecified atom stereocenters. The molecule has 6 heteroatoms. The predicted octanol–water partition coefficient (Wildman–Crippen LogP) is 3.37. The molecule has 4 heterocycles. The van der Waals surface area contributed by atoms with Crippen LogP contribution in [0.5, 0.6) is 0 Å². The maximum absolute atomic E-state index is 5.66. The van der Waals surface area contributed by atoms with E-state index in [1.165, 1.54) is 32.1 Å². The van der Waals surface area contributed by atoms with Crippen LogP contribution in [-0.2, 0) is 31.0 Å². The van der Waals surface area contributed by atoms with Crippen LogP contribution in [0.4, 0.5) is 5.00 Å². The van der Waals surface area contributed by atoms with Crippen molar-refractivity contribution in [1.82, 2.24) is 14.8 Å². The summed E-state index contributed by atoms with van der Waals surface area (Å²) < 4.78 is 7.67. The average Bonchev–Trinajstić information content (AvgIpc) is 3.20. The fraction of sp³-hybridized carbons (Fsp3) is 0.333. The normalized spacial score (nSPS) is 15.8. The Balaban J connectivity index is 1.59. The summed E-state index contributed by atoms with van der Waals surface area (Å²) in [6, 6.07) is 8.77. The molecular formula is C18H18N4OS. The lowest BCUT2D eigenvalue weighted by Crippen LogP contribution is -2.30. The van der Waals surface area contributed by atoms with Crippen LogP contribution >= 0.6 is 11.3 Å². The van der Waals surface area contributed by atoms with E-state index in [2.05, 4.69) is 46.2 Å². The van der Waals surface area contributed by atoms with Gasteiger partial charge in [0, 0.05) is 11.4 Å². The summed E-state index contributed by atoms with van der Waals surface area (Å²) in [4.78, 5) is 8.27. The zero-order valence-corrected chi connectivity index (χ0v) is 14.3. The Morgan fingerprint density at radius 3 is 3.00 bits per heavy atom. The van der Waals surface area contributed by atoms with Crippen LogP contribution in [0.25, 0.3) is 11.4 Å². The molecule has 1 aromatic carbocycles. The lowest BCUT2D eigenvalue weighted by atomic mass is 10.0. The fourth-order valence-corrected chi connectivity index (χ4v) is 4.76. The number of thiophene rings is 1. The van der Waals surface area contributed by atoms with Crippen molar-refractivity contribution < 1.29 is 4.74 Å². The number of ether oxygens (including phenoxy) is 1. The summed E-state index contributed by atoms with van der Waals surface area (Å²) in [6.45, 7) is 5.27. The Bertz CT molecular complexity index is 896. The molecule has 0 radical (unpaired) electrons. The molecule has 0 aliphatic carbocycles. The Kier molecular flexibility index (Phi) is 3.21. The molecule has 2 aliphatic heterocycles. The van der Waals surface area contributed by atoms with Gasteiger partial charge in [0.2, 0.25) is 0 Å². The summed E-state index contributed by atoms with van der Waals surface area (Å²) in [6.07, 6.45) is 2.63. The quantitative estimate of drug-likeness (QED) is 0.718. The number of hydrogen-bond donors (Lipinski definition) is 0. The van der Waals surface area contributed by atoms with Crippen molar-refractivity contribution in [2.75, 3.05) is 11.5 Å². The van der Waals surface area contributed by atoms with E-state index >= 15 is 0 Å². The molecule has 0 amide bonds. The number of aromatic nitrogens is 3. The first kappa shape index (κ1) is 14.2. The smallest absolute Gasteiger partial charge is 0.163 e. The van der Waals surface area contributed by atoms with E-state index in [0.717, 1.165) is 38.7 Å². The van der Waals surface area contributed by atoms with Crippen LogP contribution in [0, 0.1) is 6.92 Å². The number of benzene rings is 1. The van der Waals surface area contributed by atoms with Gasteiger partial charge in [0.15, 0.2) is 5.82 Å². The van der Waals surface area contributed by atoms with E-state index in [4.69, 9.17) is 4.74 Å². The van der Waals surface area contributed by atoms with Crippen molar-refractivity contribution in [2.45, 2.75) is 33.2 Å². The number of nitrogens with zero attached hydrogens (tertiary/aromatic N) is 4. The maximum atomic E-state index is 5.66. The van der Waals surface area contributed by atoms with E-state index in [9.17, 15) is 0 Å². The van der Waals surface area contributed by atoms with Gasteiger partial charge >= 0.3 is 0 Å². The molecule has 122 valence electrons. The second-order valence-corrected chi connectivity index (χ2v) is 7.48. The SMILES string of the molecule is Cc1ccc(CN2Cn3ncnc3-c3c2sc2c3CCOC2)cc1. The third kappa shape index (κ3) is 2.17. The number of rotatable bonds is 2. The largest absolute Gasteiger partial charge is 0.376 e. The van der Waals surface area contributed by atoms with Gasteiger partial charge in [-0.15, -0.1) is 11.3 Å². The molecule has 3 aromatic rings. The van der Waals surface area contributed by atoms with Crippen LogP contribution < -0.4 is 4.90 Å². The van der Waals surface area contributed by atoms with Gasteiger partial charge in [-0.1, -0.05) is 29.8 Å². The van der Waals surface area contributed by atoms with E-state index in [1.807, 2.05) is 16.0 Å². The van der Waals surface area contributed by atoms with Crippen LogP contribution in [0.1, 0.15) is 21.6 Å². The Labute approximate surface area is 144 Å². The first-order valence-corrected chi connectivity index (χ1v) is 9.02. The van der Waals surface area contributed by atoms with E-state index in [1.54, 1.807) is 6.33 Å². The minimum Gasteiger partial charge on any atom is -0.376 e. The lowest BCUT2D eigenvalue weighted by molar-refractivity contribution is 0.114. The highest BCUT2D eigenvalue weighted by atomic mass is 32.1. The number of hydrogen-bond acceptors (Lipinski definition) is 5. The van der Waals surface area contributed by atoms with Crippen LogP contribution in [-0.4, -0.2) is 21.4 Å². The third-order valence-corrected chi connectivity index (χ3v) is 5.99. The predicted molar refractivity (Wildman–Crippen MR) is 94.1 cm³/mol. The first-order chi connectivity index (χ1) is 11.8. The highest BCUT2D eigenvalue weighted by Gasteiger charge is 2.31. The van der Waals surface area contributed by atoms with Crippen LogP contribution in [0.15, 0.2) is 30.6 Å². The zero-order chi connectivity index (χ0) is 16.1. The van der Waals surface area contributed by atoms with Crippen LogP contribution in [0.2, 0.25) is 0 Å². The molecule has 0 spiro atoms. The van der Waals surface area contributed by atoms with E-state index < -0.39 is 0 Å². The summed E-state index contributed by atoms with van der Waals surface area (Å²) in [5.74, 6) is 1.00. The van der Waals surface area contributed by atoms with Gasteiger partial charge in [-0.2, -0.15) is 5.10 Å². The highest BCUT2D eigenvalue weighted by Crippen LogP contribution is 2.47. The molecule has 0 fully saturated rings. The zero-order valence-electron chi connectivity index (χ0n) is 13.5. The minimum absolute atomic E-state index is 0.722. The van der Waals surface area contributed by atoms with Crippen molar-refractivity contribution >= 4 is 16.3 Å². The monoisotopic (exact) mass is 338 g/mol. The molecule has 2 aromatic heterocycles. The summed E-state index contributed by atoms with van der Waals surface area (Å²) in [5, 5.41) is 5.74. The Morgan fingerprint density at radius 1 is 1.25 bits per heavy atom. The van der Waals surface area contributed by atoms with Crippen molar-refractivity contribution in [3.05, 3.63) is 52.2 Å². The van der Waals surface area contributed by atoms with Crippen molar-refractivity contribution in [2.24, 2.45) is 0 Å². The Hall–Kier alpha value is -2.18. The van der Waals surface area contributed by atoms with Gasteiger partial charge in [0.05, 0.1) is 18.8 Å². The van der Waals surface area contributed by atoms with Gasteiger partial charge in [-0.3, -0.25) is 0 Å². The lowest BCUT2D eigenvalue weighted by Gasteiger charge is -2.29. The number of anilines is 1. The summed E-state index contributed by atoms with van der Waals surface area (Å²) in [5.41, 5.74) is 5.29. The van der Waals surface area contributed by atoms with Gasteiger partial charge in [0.1, 0.15) is 18.0 Å². The molecule has 0 N–H and O–H groups in total. The average molecular weight is 338 g/mol. The van der Waals surface area contributed by atoms with Gasteiger partial charge < -0.3 is 9.64 Å². The minimum atomic E-state index is 0.722. The van der Waals surface area contributed by atoms with Crippen molar-refractivity contribution in [3.8, 4) is 11.4 Å². The standard InChI is InChI=1S/C18H18N4OS/c1-12-2-4-13(5-3-12)8-21-11-22-17(19-10-20-22)16-14-6-7-23-9-15(14)24-18(16)21/h2-5,10H,6-9,11H2,1H3. The molecule has 0 saturated heterocycles. The van der Waals surface area contributed by atoms with Crippen molar-refractivity contribution in [1.29, 1.82) is 0 Å². The first-order valence-electron chi connectivity index (χ1n) is 8.20. The molecule has 0 saturated carbocycles. The molecule has 2 aliphatic rings.